The highest BCUT2D eigenvalue weighted by Gasteiger charge is 2.31. The highest BCUT2D eigenvalue weighted by atomic mass is 19.4. The molecular weight excluding hydrogens is 543 g/mol. The average molecular weight is 570 g/mol. The molecule has 212 valence electrons. The van der Waals surface area contributed by atoms with Crippen molar-refractivity contribution in [2.75, 3.05) is 17.7 Å². The zero-order valence-corrected chi connectivity index (χ0v) is 22.6. The molecule has 0 amide bonds. The van der Waals surface area contributed by atoms with Gasteiger partial charge >= 0.3 is 6.18 Å². The lowest BCUT2D eigenvalue weighted by molar-refractivity contribution is -0.137. The summed E-state index contributed by atoms with van der Waals surface area (Å²) in [6, 6.07) is 18.1. The van der Waals surface area contributed by atoms with Crippen molar-refractivity contribution >= 4 is 17.5 Å². The molecule has 3 heterocycles. The van der Waals surface area contributed by atoms with E-state index in [0.29, 0.717) is 40.3 Å². The van der Waals surface area contributed by atoms with E-state index >= 15 is 0 Å². The first-order valence-corrected chi connectivity index (χ1v) is 13.5. The van der Waals surface area contributed by atoms with Gasteiger partial charge in [-0.2, -0.15) is 13.2 Å². The number of halogens is 3. The molecule has 0 bridgehead atoms. The van der Waals surface area contributed by atoms with E-state index < -0.39 is 11.7 Å². The van der Waals surface area contributed by atoms with Gasteiger partial charge in [0.15, 0.2) is 5.82 Å². The highest BCUT2D eigenvalue weighted by Crippen LogP contribution is 2.37. The van der Waals surface area contributed by atoms with Crippen LogP contribution in [0.2, 0.25) is 0 Å². The Morgan fingerprint density at radius 2 is 1.64 bits per heavy atom. The van der Waals surface area contributed by atoms with E-state index in [1.54, 1.807) is 31.6 Å². The van der Waals surface area contributed by atoms with Gasteiger partial charge in [0.25, 0.3) is 0 Å². The number of rotatable bonds is 7. The minimum atomic E-state index is -4.43. The average Bonchev–Trinajstić information content (AvgIpc) is 3.02. The Morgan fingerprint density at radius 3 is 2.43 bits per heavy atom. The number of fused-ring (bicyclic) bond motifs is 1. The Hall–Kier alpha value is -5.06. The van der Waals surface area contributed by atoms with Gasteiger partial charge in [-0.05, 0) is 85.8 Å². The molecule has 0 radical (unpaired) electrons. The second kappa shape index (κ2) is 11.4. The van der Waals surface area contributed by atoms with Gasteiger partial charge in [-0.25, -0.2) is 15.0 Å². The first-order valence-electron chi connectivity index (χ1n) is 13.5. The third-order valence-corrected chi connectivity index (χ3v) is 7.01. The van der Waals surface area contributed by atoms with Crippen molar-refractivity contribution in [3.63, 3.8) is 0 Å². The van der Waals surface area contributed by atoms with E-state index in [0.717, 1.165) is 60.2 Å². The molecule has 2 aromatic carbocycles. The standard InChI is InChI=1S/C31H26F3N7O/c1-35-30-37-17-15-26(39-30)25-10-5-16-36-29(25)42-22-13-11-21(12-14-22)38-28-24-9-3-2-8-23(24)27(40-41-28)19-6-4-7-20(18-19)31(32,33)34/h4-7,10-18H,2-3,8-9H2,1H3,(H,38,41)(H,35,37,39). The van der Waals surface area contributed by atoms with Crippen LogP contribution >= 0.6 is 0 Å². The van der Waals surface area contributed by atoms with E-state index in [1.807, 2.05) is 36.4 Å². The zero-order chi connectivity index (χ0) is 29.1. The van der Waals surface area contributed by atoms with Crippen molar-refractivity contribution in [3.8, 4) is 34.1 Å². The molecule has 1 aliphatic rings. The van der Waals surface area contributed by atoms with Gasteiger partial charge in [-0.1, -0.05) is 12.1 Å². The maximum atomic E-state index is 13.3. The molecule has 0 aliphatic heterocycles. The summed E-state index contributed by atoms with van der Waals surface area (Å²) in [6.07, 6.45) is 2.30. The molecule has 0 atom stereocenters. The summed E-state index contributed by atoms with van der Waals surface area (Å²) >= 11 is 0. The summed E-state index contributed by atoms with van der Waals surface area (Å²) in [5, 5.41) is 15.1. The van der Waals surface area contributed by atoms with Crippen LogP contribution < -0.4 is 15.4 Å². The molecular formula is C31H26F3N7O. The van der Waals surface area contributed by atoms with Gasteiger partial charge in [0.05, 0.1) is 22.5 Å². The number of pyridine rings is 1. The fourth-order valence-corrected chi connectivity index (χ4v) is 4.97. The molecule has 3 aromatic heterocycles. The van der Waals surface area contributed by atoms with Crippen molar-refractivity contribution in [2.45, 2.75) is 31.9 Å². The van der Waals surface area contributed by atoms with Crippen LogP contribution in [-0.2, 0) is 19.0 Å². The van der Waals surface area contributed by atoms with Crippen LogP contribution in [0.5, 0.6) is 11.6 Å². The quantitative estimate of drug-likeness (QED) is 0.208. The number of aromatic nitrogens is 5. The van der Waals surface area contributed by atoms with Crippen LogP contribution in [0.4, 0.5) is 30.6 Å². The maximum Gasteiger partial charge on any atom is 0.416 e. The molecule has 5 aromatic rings. The molecule has 1 aliphatic carbocycles. The molecule has 0 saturated heterocycles. The van der Waals surface area contributed by atoms with Crippen LogP contribution in [-0.4, -0.2) is 32.2 Å². The summed E-state index contributed by atoms with van der Waals surface area (Å²) in [6.45, 7) is 0. The SMILES string of the molecule is CNc1nccc(-c2cccnc2Oc2ccc(Nc3nnc(-c4cccc(C(F)(F)F)c4)c4c3CCCC4)cc2)n1. The minimum Gasteiger partial charge on any atom is -0.438 e. The van der Waals surface area contributed by atoms with Crippen molar-refractivity contribution in [1.29, 1.82) is 0 Å². The Bertz CT molecular complexity index is 1730. The predicted octanol–water partition coefficient (Wildman–Crippen LogP) is 7.47. The molecule has 8 nitrogen and oxygen atoms in total. The van der Waals surface area contributed by atoms with Gasteiger partial charge in [0, 0.05) is 36.3 Å². The number of benzene rings is 2. The third-order valence-electron chi connectivity index (χ3n) is 7.01. The zero-order valence-electron chi connectivity index (χ0n) is 22.6. The number of nitrogens with zero attached hydrogens (tertiary/aromatic N) is 5. The molecule has 0 fully saturated rings. The van der Waals surface area contributed by atoms with Crippen LogP contribution in [0.25, 0.3) is 22.5 Å². The fraction of sp³-hybridized carbons (Fsp3) is 0.194. The van der Waals surface area contributed by atoms with Crippen molar-refractivity contribution < 1.29 is 17.9 Å². The van der Waals surface area contributed by atoms with Gasteiger partial charge in [0.1, 0.15) is 5.75 Å². The molecule has 6 rings (SSSR count). The van der Waals surface area contributed by atoms with Crippen LogP contribution in [0.3, 0.4) is 0 Å². The van der Waals surface area contributed by atoms with E-state index in [4.69, 9.17) is 4.74 Å². The van der Waals surface area contributed by atoms with Crippen LogP contribution in [0, 0.1) is 0 Å². The van der Waals surface area contributed by atoms with Crippen LogP contribution in [0.15, 0.2) is 79.1 Å². The largest absolute Gasteiger partial charge is 0.438 e. The molecule has 42 heavy (non-hydrogen) atoms. The Balaban J connectivity index is 1.24. The number of alkyl halides is 3. The lowest BCUT2D eigenvalue weighted by Crippen LogP contribution is -2.12. The first kappa shape index (κ1) is 27.1. The minimum absolute atomic E-state index is 0.407. The Kier molecular flexibility index (Phi) is 7.39. The predicted molar refractivity (Wildman–Crippen MR) is 154 cm³/mol. The van der Waals surface area contributed by atoms with Gasteiger partial charge in [0.2, 0.25) is 11.8 Å². The molecule has 11 heteroatoms. The van der Waals surface area contributed by atoms with Crippen LogP contribution in [0.1, 0.15) is 29.5 Å². The maximum absolute atomic E-state index is 13.3. The smallest absolute Gasteiger partial charge is 0.416 e. The normalized spacial score (nSPS) is 12.9. The Morgan fingerprint density at radius 1 is 0.833 bits per heavy atom. The summed E-state index contributed by atoms with van der Waals surface area (Å²) in [7, 11) is 1.75. The first-order chi connectivity index (χ1) is 20.4. The second-order valence-electron chi connectivity index (χ2n) is 9.76. The van der Waals surface area contributed by atoms with Crippen molar-refractivity contribution in [3.05, 3.63) is 95.8 Å². The molecule has 0 unspecified atom stereocenters. The van der Waals surface area contributed by atoms with Gasteiger partial charge < -0.3 is 15.4 Å². The summed E-state index contributed by atoms with van der Waals surface area (Å²) < 4.78 is 46.1. The van der Waals surface area contributed by atoms with E-state index in [2.05, 4.69) is 35.8 Å². The number of ether oxygens (including phenoxy) is 1. The topological polar surface area (TPSA) is 97.7 Å². The summed E-state index contributed by atoms with van der Waals surface area (Å²) in [5.74, 6) is 2.08. The second-order valence-corrected chi connectivity index (χ2v) is 9.76. The van der Waals surface area contributed by atoms with E-state index in [1.165, 1.54) is 6.07 Å². The van der Waals surface area contributed by atoms with Gasteiger partial charge in [-0.3, -0.25) is 0 Å². The lowest BCUT2D eigenvalue weighted by atomic mass is 9.89. The lowest BCUT2D eigenvalue weighted by Gasteiger charge is -2.22. The molecule has 2 N–H and O–H groups in total. The fourth-order valence-electron chi connectivity index (χ4n) is 4.97. The third kappa shape index (κ3) is 5.71. The van der Waals surface area contributed by atoms with E-state index in [9.17, 15) is 13.2 Å². The number of hydrogen-bond acceptors (Lipinski definition) is 8. The number of anilines is 3. The highest BCUT2D eigenvalue weighted by molar-refractivity contribution is 5.71. The Labute approximate surface area is 240 Å². The van der Waals surface area contributed by atoms with Crippen molar-refractivity contribution in [2.24, 2.45) is 0 Å². The molecule has 0 saturated carbocycles. The summed E-state index contributed by atoms with van der Waals surface area (Å²) in [4.78, 5) is 13.0. The van der Waals surface area contributed by atoms with Crippen molar-refractivity contribution in [1.82, 2.24) is 25.1 Å². The summed E-state index contributed by atoms with van der Waals surface area (Å²) in [5.41, 5.74) is 4.30. The monoisotopic (exact) mass is 569 g/mol. The van der Waals surface area contributed by atoms with Gasteiger partial charge in [-0.15, -0.1) is 10.2 Å². The van der Waals surface area contributed by atoms with E-state index in [-0.39, 0.29) is 0 Å². The molecule has 0 spiro atoms. The number of nitrogens with one attached hydrogen (secondary N) is 2. The number of hydrogen-bond donors (Lipinski definition) is 2.